The van der Waals surface area contributed by atoms with Gasteiger partial charge in [-0.2, -0.15) is 4.37 Å². The molecule has 6 nitrogen and oxygen atoms in total. The number of amides is 1. The molecule has 2 heterocycles. The Bertz CT molecular complexity index is 875. The molecule has 8 heteroatoms. The number of halogens is 1. The van der Waals surface area contributed by atoms with Crippen LogP contribution in [0.1, 0.15) is 22.1 Å². The molecule has 1 amide bonds. The standard InChI is InChI=1S/C16H14ClN3O3S/c1-9-12(10-4-3-5-11(6-10)22-2)7-13(23-9)15(21)19-16-18-14(8-17)20-24-16/h3-7H,8H2,1-2H3,(H,18,19,20,21). The minimum Gasteiger partial charge on any atom is -0.497 e. The number of nitrogens with zero attached hydrogens (tertiary/aromatic N) is 2. The summed E-state index contributed by atoms with van der Waals surface area (Å²) in [7, 11) is 1.61. The number of aromatic nitrogens is 2. The van der Waals surface area contributed by atoms with Gasteiger partial charge in [-0.3, -0.25) is 10.1 Å². The second kappa shape index (κ2) is 7.02. The number of hydrogen-bond donors (Lipinski definition) is 1. The zero-order valence-corrected chi connectivity index (χ0v) is 14.6. The number of carbonyl (C=O) groups is 1. The monoisotopic (exact) mass is 363 g/mol. The lowest BCUT2D eigenvalue weighted by Gasteiger charge is -2.02. The Kier molecular flexibility index (Phi) is 4.82. The van der Waals surface area contributed by atoms with Crippen molar-refractivity contribution < 1.29 is 13.9 Å². The van der Waals surface area contributed by atoms with Crippen molar-refractivity contribution in [3.05, 3.63) is 47.7 Å². The van der Waals surface area contributed by atoms with Crippen LogP contribution in [-0.2, 0) is 5.88 Å². The summed E-state index contributed by atoms with van der Waals surface area (Å²) >= 11 is 6.72. The first-order valence-corrected chi connectivity index (χ1v) is 8.36. The Morgan fingerprint density at radius 1 is 1.42 bits per heavy atom. The summed E-state index contributed by atoms with van der Waals surface area (Å²) < 4.78 is 14.8. The van der Waals surface area contributed by atoms with Crippen LogP contribution in [0.15, 0.2) is 34.7 Å². The Morgan fingerprint density at radius 2 is 2.25 bits per heavy atom. The van der Waals surface area contributed by atoms with Gasteiger partial charge in [-0.25, -0.2) is 4.98 Å². The van der Waals surface area contributed by atoms with Gasteiger partial charge in [0.05, 0.1) is 13.0 Å². The fourth-order valence-corrected chi connectivity index (χ4v) is 2.96. The lowest BCUT2D eigenvalue weighted by atomic mass is 10.1. The van der Waals surface area contributed by atoms with E-state index in [4.69, 9.17) is 20.8 Å². The SMILES string of the molecule is COc1cccc(-c2cc(C(=O)Nc3nc(CCl)ns3)oc2C)c1. The van der Waals surface area contributed by atoms with Gasteiger partial charge in [0.15, 0.2) is 11.6 Å². The molecular formula is C16H14ClN3O3S. The molecule has 1 aromatic carbocycles. The maximum Gasteiger partial charge on any atom is 0.293 e. The molecule has 1 N–H and O–H groups in total. The largest absolute Gasteiger partial charge is 0.497 e. The van der Waals surface area contributed by atoms with Crippen LogP contribution in [0.25, 0.3) is 11.1 Å². The minimum absolute atomic E-state index is 0.201. The molecule has 0 atom stereocenters. The van der Waals surface area contributed by atoms with Crippen LogP contribution in [0, 0.1) is 6.92 Å². The third-order valence-electron chi connectivity index (χ3n) is 3.33. The number of hydrogen-bond acceptors (Lipinski definition) is 6. The van der Waals surface area contributed by atoms with E-state index in [1.54, 1.807) is 13.2 Å². The van der Waals surface area contributed by atoms with E-state index in [1.165, 1.54) is 0 Å². The summed E-state index contributed by atoms with van der Waals surface area (Å²) in [6, 6.07) is 9.26. The molecule has 124 valence electrons. The van der Waals surface area contributed by atoms with Crippen LogP contribution in [-0.4, -0.2) is 22.4 Å². The Balaban J connectivity index is 1.83. The van der Waals surface area contributed by atoms with Gasteiger partial charge in [-0.05, 0) is 30.7 Å². The molecule has 0 spiro atoms. The highest BCUT2D eigenvalue weighted by atomic mass is 35.5. The lowest BCUT2D eigenvalue weighted by molar-refractivity contribution is 0.0995. The molecule has 0 fully saturated rings. The molecule has 0 aliphatic heterocycles. The smallest absolute Gasteiger partial charge is 0.293 e. The van der Waals surface area contributed by atoms with Gasteiger partial charge in [-0.15, -0.1) is 11.6 Å². The minimum atomic E-state index is -0.385. The molecule has 0 aliphatic carbocycles. The van der Waals surface area contributed by atoms with E-state index < -0.39 is 0 Å². The summed E-state index contributed by atoms with van der Waals surface area (Å²) in [5, 5.41) is 3.04. The predicted molar refractivity (Wildman–Crippen MR) is 92.9 cm³/mol. The zero-order valence-electron chi connectivity index (χ0n) is 13.0. The first-order chi connectivity index (χ1) is 11.6. The van der Waals surface area contributed by atoms with Crippen molar-refractivity contribution in [3.8, 4) is 16.9 Å². The first kappa shape index (κ1) is 16.5. The highest BCUT2D eigenvalue weighted by Gasteiger charge is 2.17. The van der Waals surface area contributed by atoms with Crippen LogP contribution in [0.4, 0.5) is 5.13 Å². The van der Waals surface area contributed by atoms with E-state index in [2.05, 4.69) is 14.7 Å². The summed E-state index contributed by atoms with van der Waals surface area (Å²) in [6.07, 6.45) is 0. The maximum absolute atomic E-state index is 12.3. The molecule has 3 rings (SSSR count). The van der Waals surface area contributed by atoms with E-state index in [1.807, 2.05) is 31.2 Å². The number of nitrogens with one attached hydrogen (secondary N) is 1. The first-order valence-electron chi connectivity index (χ1n) is 7.05. The van der Waals surface area contributed by atoms with Crippen molar-refractivity contribution in [2.45, 2.75) is 12.8 Å². The van der Waals surface area contributed by atoms with Crippen LogP contribution >= 0.6 is 23.1 Å². The van der Waals surface area contributed by atoms with E-state index in [9.17, 15) is 4.79 Å². The van der Waals surface area contributed by atoms with Crippen LogP contribution in [0.3, 0.4) is 0 Å². The number of benzene rings is 1. The highest BCUT2D eigenvalue weighted by Crippen LogP contribution is 2.29. The maximum atomic E-state index is 12.3. The van der Waals surface area contributed by atoms with Crippen LogP contribution in [0.2, 0.25) is 0 Å². The molecule has 0 saturated heterocycles. The van der Waals surface area contributed by atoms with Crippen molar-refractivity contribution in [3.63, 3.8) is 0 Å². The van der Waals surface area contributed by atoms with Gasteiger partial charge in [0.1, 0.15) is 11.5 Å². The highest BCUT2D eigenvalue weighted by molar-refractivity contribution is 7.09. The van der Waals surface area contributed by atoms with Crippen LogP contribution in [0.5, 0.6) is 5.75 Å². The predicted octanol–water partition coefficient (Wildman–Crippen LogP) is 4.11. The normalized spacial score (nSPS) is 10.6. The fraction of sp³-hybridized carbons (Fsp3) is 0.188. The second-order valence-corrected chi connectivity index (χ2v) is 5.94. The molecule has 3 aromatic rings. The van der Waals surface area contributed by atoms with E-state index in [-0.39, 0.29) is 17.5 Å². The Morgan fingerprint density at radius 3 is 2.96 bits per heavy atom. The van der Waals surface area contributed by atoms with Crippen molar-refractivity contribution in [1.82, 2.24) is 9.36 Å². The Hall–Kier alpha value is -2.38. The quantitative estimate of drug-likeness (QED) is 0.690. The van der Waals surface area contributed by atoms with Gasteiger partial charge in [-0.1, -0.05) is 12.1 Å². The zero-order chi connectivity index (χ0) is 17.1. The summed E-state index contributed by atoms with van der Waals surface area (Å²) in [4.78, 5) is 16.4. The van der Waals surface area contributed by atoms with Gasteiger partial charge < -0.3 is 9.15 Å². The molecule has 2 aromatic heterocycles. The Labute approximate surface area is 147 Å². The van der Waals surface area contributed by atoms with E-state index >= 15 is 0 Å². The van der Waals surface area contributed by atoms with Crippen molar-refractivity contribution in [1.29, 1.82) is 0 Å². The number of methoxy groups -OCH3 is 1. The average Bonchev–Trinajstić information content (AvgIpc) is 3.21. The van der Waals surface area contributed by atoms with Crippen molar-refractivity contribution in [2.24, 2.45) is 0 Å². The van der Waals surface area contributed by atoms with Gasteiger partial charge in [0.2, 0.25) is 5.13 Å². The third kappa shape index (κ3) is 3.42. The van der Waals surface area contributed by atoms with E-state index in [0.29, 0.717) is 16.7 Å². The summed E-state index contributed by atoms with van der Waals surface area (Å²) in [6.45, 7) is 1.81. The molecule has 24 heavy (non-hydrogen) atoms. The molecule has 0 radical (unpaired) electrons. The molecule has 0 saturated carbocycles. The summed E-state index contributed by atoms with van der Waals surface area (Å²) in [5.41, 5.74) is 1.74. The number of carbonyl (C=O) groups excluding carboxylic acids is 1. The number of aryl methyl sites for hydroxylation is 1. The van der Waals surface area contributed by atoms with Crippen LogP contribution < -0.4 is 10.1 Å². The average molecular weight is 364 g/mol. The molecule has 0 unspecified atom stereocenters. The number of alkyl halides is 1. The topological polar surface area (TPSA) is 77.2 Å². The molecule has 0 bridgehead atoms. The van der Waals surface area contributed by atoms with Gasteiger partial charge in [0, 0.05) is 17.1 Å². The lowest BCUT2D eigenvalue weighted by Crippen LogP contribution is -2.10. The fourth-order valence-electron chi connectivity index (χ4n) is 2.19. The van der Waals surface area contributed by atoms with Gasteiger partial charge >= 0.3 is 0 Å². The number of rotatable bonds is 5. The third-order valence-corrected chi connectivity index (χ3v) is 4.24. The van der Waals surface area contributed by atoms with Crippen molar-refractivity contribution >= 4 is 34.2 Å². The molecule has 0 aliphatic rings. The number of furan rings is 1. The number of ether oxygens (including phenoxy) is 1. The number of anilines is 1. The van der Waals surface area contributed by atoms with E-state index in [0.717, 1.165) is 28.4 Å². The van der Waals surface area contributed by atoms with Gasteiger partial charge in [0.25, 0.3) is 5.91 Å². The summed E-state index contributed by atoms with van der Waals surface area (Å²) in [5.74, 6) is 1.88. The molecular weight excluding hydrogens is 350 g/mol. The second-order valence-electron chi connectivity index (χ2n) is 4.92. The van der Waals surface area contributed by atoms with Crippen molar-refractivity contribution in [2.75, 3.05) is 12.4 Å².